The molecular weight excluding hydrogens is 184 g/mol. The number of rotatable bonds is 2. The van der Waals surface area contributed by atoms with Crippen LogP contribution in [0.25, 0.3) is 0 Å². The van der Waals surface area contributed by atoms with Crippen LogP contribution in [0.15, 0.2) is 12.7 Å². The van der Waals surface area contributed by atoms with Crippen LogP contribution in [0.1, 0.15) is 39.0 Å². The van der Waals surface area contributed by atoms with Crippen LogP contribution >= 0.6 is 0 Å². The number of piperazine rings is 1. The molecule has 1 saturated carbocycles. The number of nitrogens with one attached hydrogen (secondary N) is 1. The first-order valence-electron chi connectivity index (χ1n) is 6.36. The fourth-order valence-electron chi connectivity index (χ4n) is 3.07. The summed E-state index contributed by atoms with van der Waals surface area (Å²) >= 11 is 0. The van der Waals surface area contributed by atoms with Gasteiger partial charge in [0.2, 0.25) is 0 Å². The highest BCUT2D eigenvalue weighted by Crippen LogP contribution is 2.31. The molecule has 1 saturated heterocycles. The Labute approximate surface area is 93.7 Å². The molecule has 1 atom stereocenters. The highest BCUT2D eigenvalue weighted by Gasteiger charge is 2.37. The second-order valence-electron chi connectivity index (χ2n) is 5.29. The van der Waals surface area contributed by atoms with Crippen molar-refractivity contribution in [2.45, 2.75) is 50.6 Å². The minimum absolute atomic E-state index is 0.438. The molecule has 2 fully saturated rings. The Balaban J connectivity index is 1.99. The van der Waals surface area contributed by atoms with E-state index in [2.05, 4.69) is 23.7 Å². The molecule has 2 nitrogen and oxygen atoms in total. The van der Waals surface area contributed by atoms with Gasteiger partial charge >= 0.3 is 0 Å². The molecule has 2 rings (SSSR count). The maximum Gasteiger partial charge on any atom is 0.0309 e. The van der Waals surface area contributed by atoms with E-state index in [0.717, 1.165) is 13.1 Å². The summed E-state index contributed by atoms with van der Waals surface area (Å²) < 4.78 is 0. The van der Waals surface area contributed by atoms with Crippen molar-refractivity contribution in [3.63, 3.8) is 0 Å². The van der Waals surface area contributed by atoms with Gasteiger partial charge in [0.15, 0.2) is 0 Å². The predicted molar refractivity (Wildman–Crippen MR) is 65.1 cm³/mol. The molecule has 1 aliphatic carbocycles. The molecule has 0 aromatic carbocycles. The lowest BCUT2D eigenvalue weighted by Crippen LogP contribution is -2.64. The third-order valence-corrected chi connectivity index (χ3v) is 4.08. The second-order valence-corrected chi connectivity index (χ2v) is 5.29. The topological polar surface area (TPSA) is 15.3 Å². The molecule has 86 valence electrons. The third-order valence-electron chi connectivity index (χ3n) is 4.08. The SMILES string of the molecule is C=CCN1CC2(CCCCC2)NCC1C. The molecule has 15 heavy (non-hydrogen) atoms. The molecular formula is C13H24N2. The van der Waals surface area contributed by atoms with Crippen LogP contribution < -0.4 is 5.32 Å². The molecule has 0 amide bonds. The molecule has 2 aliphatic rings. The summed E-state index contributed by atoms with van der Waals surface area (Å²) in [7, 11) is 0. The van der Waals surface area contributed by atoms with Crippen molar-refractivity contribution in [2.75, 3.05) is 19.6 Å². The molecule has 2 heteroatoms. The van der Waals surface area contributed by atoms with Gasteiger partial charge in [-0.05, 0) is 19.8 Å². The quantitative estimate of drug-likeness (QED) is 0.700. The van der Waals surface area contributed by atoms with Crippen LogP contribution in [0.3, 0.4) is 0 Å². The first-order chi connectivity index (χ1) is 7.26. The van der Waals surface area contributed by atoms with E-state index in [0.29, 0.717) is 11.6 Å². The Morgan fingerprint density at radius 3 is 2.80 bits per heavy atom. The first-order valence-corrected chi connectivity index (χ1v) is 6.36. The molecule has 1 spiro atoms. The fourth-order valence-corrected chi connectivity index (χ4v) is 3.07. The normalized spacial score (nSPS) is 31.7. The van der Waals surface area contributed by atoms with E-state index in [1.807, 2.05) is 6.08 Å². The average molecular weight is 208 g/mol. The molecule has 0 bridgehead atoms. The Kier molecular flexibility index (Phi) is 3.47. The van der Waals surface area contributed by atoms with Crippen molar-refractivity contribution in [2.24, 2.45) is 0 Å². The van der Waals surface area contributed by atoms with Gasteiger partial charge in [-0.25, -0.2) is 0 Å². The van der Waals surface area contributed by atoms with E-state index >= 15 is 0 Å². The van der Waals surface area contributed by atoms with E-state index in [1.54, 1.807) is 0 Å². The lowest BCUT2D eigenvalue weighted by molar-refractivity contribution is 0.0718. The number of hydrogen-bond acceptors (Lipinski definition) is 2. The zero-order chi connectivity index (χ0) is 10.7. The highest BCUT2D eigenvalue weighted by molar-refractivity contribution is 4.99. The smallest absolute Gasteiger partial charge is 0.0309 e. The van der Waals surface area contributed by atoms with Crippen LogP contribution in [0, 0.1) is 0 Å². The standard InChI is InChI=1S/C13H24N2/c1-3-9-15-11-13(14-10-12(15)2)7-5-4-6-8-13/h3,12,14H,1,4-11H2,2H3. The van der Waals surface area contributed by atoms with Crippen molar-refractivity contribution >= 4 is 0 Å². The fraction of sp³-hybridized carbons (Fsp3) is 0.846. The largest absolute Gasteiger partial charge is 0.308 e. The van der Waals surface area contributed by atoms with Crippen molar-refractivity contribution in [3.05, 3.63) is 12.7 Å². The van der Waals surface area contributed by atoms with E-state index in [4.69, 9.17) is 0 Å². The highest BCUT2D eigenvalue weighted by atomic mass is 15.2. The van der Waals surface area contributed by atoms with Crippen LogP contribution in [0.4, 0.5) is 0 Å². The summed E-state index contributed by atoms with van der Waals surface area (Å²) in [6.07, 6.45) is 9.02. The van der Waals surface area contributed by atoms with Gasteiger partial charge in [-0.15, -0.1) is 6.58 Å². The molecule has 1 aliphatic heterocycles. The molecule has 0 aromatic rings. The van der Waals surface area contributed by atoms with E-state index in [1.165, 1.54) is 38.6 Å². The predicted octanol–water partition coefficient (Wildman–Crippen LogP) is 2.17. The Morgan fingerprint density at radius 2 is 2.13 bits per heavy atom. The average Bonchev–Trinajstić information content (AvgIpc) is 2.26. The summed E-state index contributed by atoms with van der Waals surface area (Å²) in [6, 6.07) is 0.663. The number of nitrogens with zero attached hydrogens (tertiary/aromatic N) is 1. The summed E-state index contributed by atoms with van der Waals surface area (Å²) in [5.74, 6) is 0. The minimum Gasteiger partial charge on any atom is -0.308 e. The Bertz CT molecular complexity index is 219. The van der Waals surface area contributed by atoms with E-state index in [-0.39, 0.29) is 0 Å². The zero-order valence-corrected chi connectivity index (χ0v) is 9.97. The minimum atomic E-state index is 0.438. The summed E-state index contributed by atoms with van der Waals surface area (Å²) in [5, 5.41) is 3.80. The van der Waals surface area contributed by atoms with Gasteiger partial charge in [0.05, 0.1) is 0 Å². The third kappa shape index (κ3) is 2.43. The van der Waals surface area contributed by atoms with Gasteiger partial charge in [0.1, 0.15) is 0 Å². The summed E-state index contributed by atoms with van der Waals surface area (Å²) in [5.41, 5.74) is 0.438. The monoisotopic (exact) mass is 208 g/mol. The lowest BCUT2D eigenvalue weighted by Gasteiger charge is -2.48. The van der Waals surface area contributed by atoms with Crippen molar-refractivity contribution in [1.29, 1.82) is 0 Å². The van der Waals surface area contributed by atoms with Crippen LogP contribution in [0.5, 0.6) is 0 Å². The van der Waals surface area contributed by atoms with E-state index in [9.17, 15) is 0 Å². The van der Waals surface area contributed by atoms with Gasteiger partial charge in [-0.2, -0.15) is 0 Å². The first kappa shape index (κ1) is 11.2. The molecule has 1 heterocycles. The van der Waals surface area contributed by atoms with Crippen molar-refractivity contribution in [3.8, 4) is 0 Å². The van der Waals surface area contributed by atoms with Gasteiger partial charge in [0, 0.05) is 31.2 Å². The molecule has 1 unspecified atom stereocenters. The van der Waals surface area contributed by atoms with Gasteiger partial charge in [-0.3, -0.25) is 4.90 Å². The van der Waals surface area contributed by atoms with Gasteiger partial charge in [-0.1, -0.05) is 25.3 Å². The maximum absolute atomic E-state index is 3.86. The molecule has 0 aromatic heterocycles. The number of hydrogen-bond donors (Lipinski definition) is 1. The maximum atomic E-state index is 3.86. The van der Waals surface area contributed by atoms with Crippen LogP contribution in [-0.2, 0) is 0 Å². The van der Waals surface area contributed by atoms with Gasteiger partial charge < -0.3 is 5.32 Å². The van der Waals surface area contributed by atoms with Crippen LogP contribution in [-0.4, -0.2) is 36.1 Å². The second kappa shape index (κ2) is 4.67. The Hall–Kier alpha value is -0.340. The van der Waals surface area contributed by atoms with Crippen molar-refractivity contribution in [1.82, 2.24) is 10.2 Å². The Morgan fingerprint density at radius 1 is 1.40 bits per heavy atom. The molecule has 1 N–H and O–H groups in total. The lowest BCUT2D eigenvalue weighted by atomic mass is 9.79. The van der Waals surface area contributed by atoms with Crippen molar-refractivity contribution < 1.29 is 0 Å². The van der Waals surface area contributed by atoms with E-state index < -0.39 is 0 Å². The summed E-state index contributed by atoms with van der Waals surface area (Å²) in [4.78, 5) is 2.58. The van der Waals surface area contributed by atoms with Crippen LogP contribution in [0.2, 0.25) is 0 Å². The summed E-state index contributed by atoms with van der Waals surface area (Å²) in [6.45, 7) is 9.59. The molecule has 0 radical (unpaired) electrons. The van der Waals surface area contributed by atoms with Gasteiger partial charge in [0.25, 0.3) is 0 Å². The zero-order valence-electron chi connectivity index (χ0n) is 9.97.